The number of carbonyl (C=O) groups is 1. The molecule has 0 aliphatic heterocycles. The molecule has 1 N–H and O–H groups in total. The highest BCUT2D eigenvalue weighted by Crippen LogP contribution is 2.15. The van der Waals surface area contributed by atoms with Gasteiger partial charge in [0, 0.05) is 12.9 Å². The van der Waals surface area contributed by atoms with E-state index in [1.54, 1.807) is 0 Å². The zero-order chi connectivity index (χ0) is 11.4. The van der Waals surface area contributed by atoms with Gasteiger partial charge in [0.05, 0.1) is 17.8 Å². The third-order valence-electron chi connectivity index (χ3n) is 1.70. The molecule has 8 heteroatoms. The monoisotopic (exact) mass is 232 g/mol. The molecule has 1 aromatic rings. The van der Waals surface area contributed by atoms with Gasteiger partial charge >= 0.3 is 5.82 Å². The van der Waals surface area contributed by atoms with Gasteiger partial charge in [0.2, 0.25) is 0 Å². The Morgan fingerprint density at radius 3 is 2.93 bits per heavy atom. The molecule has 0 fully saturated rings. The van der Waals surface area contributed by atoms with Gasteiger partial charge < -0.3 is 15.4 Å². The number of rotatable bonds is 4. The molecule has 0 radical (unpaired) electrons. The molecule has 0 aliphatic rings. The van der Waals surface area contributed by atoms with Gasteiger partial charge in [0.25, 0.3) is 5.91 Å². The number of alkyl halides is 1. The molecule has 0 atom stereocenters. The molecule has 1 aromatic heterocycles. The Kier molecular flexibility index (Phi) is 3.62. The maximum absolute atomic E-state index is 11.3. The number of amides is 1. The summed E-state index contributed by atoms with van der Waals surface area (Å²) < 4.78 is 1.27. The number of halogens is 1. The van der Waals surface area contributed by atoms with Crippen LogP contribution in [0.5, 0.6) is 0 Å². The zero-order valence-electron chi connectivity index (χ0n) is 7.94. The van der Waals surface area contributed by atoms with Crippen molar-refractivity contribution in [3.8, 4) is 0 Å². The van der Waals surface area contributed by atoms with Crippen LogP contribution in [0.2, 0.25) is 0 Å². The highest BCUT2D eigenvalue weighted by molar-refractivity contribution is 6.17. The number of nitro groups is 1. The highest BCUT2D eigenvalue weighted by atomic mass is 35.5. The second-order valence-corrected chi connectivity index (χ2v) is 3.03. The normalized spacial score (nSPS) is 10.0. The van der Waals surface area contributed by atoms with E-state index < -0.39 is 16.6 Å². The fraction of sp³-hybridized carbons (Fsp3) is 0.429. The molecule has 1 rings (SSSR count). The molecule has 1 heterocycles. The summed E-state index contributed by atoms with van der Waals surface area (Å²) >= 11 is 5.46. The van der Waals surface area contributed by atoms with Gasteiger partial charge in [0.15, 0.2) is 5.56 Å². The van der Waals surface area contributed by atoms with Crippen LogP contribution in [0.15, 0.2) is 6.20 Å². The van der Waals surface area contributed by atoms with E-state index >= 15 is 0 Å². The van der Waals surface area contributed by atoms with Crippen molar-refractivity contribution in [3.05, 3.63) is 21.9 Å². The molecule has 0 aromatic carbocycles. The number of aromatic nitrogens is 2. The Morgan fingerprint density at radius 1 is 1.80 bits per heavy atom. The van der Waals surface area contributed by atoms with Gasteiger partial charge in [-0.1, -0.05) is 0 Å². The molecule has 0 saturated heterocycles. The lowest BCUT2D eigenvalue weighted by Gasteiger charge is -1.93. The van der Waals surface area contributed by atoms with Crippen LogP contribution < -0.4 is 5.32 Å². The van der Waals surface area contributed by atoms with E-state index in [9.17, 15) is 14.9 Å². The molecule has 0 saturated carbocycles. The predicted molar refractivity (Wildman–Crippen MR) is 53.0 cm³/mol. The van der Waals surface area contributed by atoms with E-state index in [-0.39, 0.29) is 11.4 Å². The summed E-state index contributed by atoms with van der Waals surface area (Å²) in [6.07, 6.45) is 1.30. The third-order valence-corrected chi connectivity index (χ3v) is 1.87. The van der Waals surface area contributed by atoms with Crippen LogP contribution >= 0.6 is 11.6 Å². The maximum Gasteiger partial charge on any atom is 0.402 e. The summed E-state index contributed by atoms with van der Waals surface area (Å²) in [5.41, 5.74) is -0.0624. The van der Waals surface area contributed by atoms with Gasteiger partial charge in [-0.25, -0.2) is 0 Å². The lowest BCUT2D eigenvalue weighted by molar-refractivity contribution is -0.390. The van der Waals surface area contributed by atoms with Crippen LogP contribution in [0.3, 0.4) is 0 Å². The minimum absolute atomic E-state index is 0.0624. The fourth-order valence-electron chi connectivity index (χ4n) is 1.04. The minimum Gasteiger partial charge on any atom is -0.358 e. The van der Waals surface area contributed by atoms with Gasteiger partial charge in [-0.15, -0.1) is 11.6 Å². The topological polar surface area (TPSA) is 90.1 Å². The second-order valence-electron chi connectivity index (χ2n) is 2.65. The predicted octanol–water partition coefficient (Wildman–Crippen LogP) is 0.390. The Morgan fingerprint density at radius 2 is 2.47 bits per heavy atom. The van der Waals surface area contributed by atoms with Crippen LogP contribution in [0, 0.1) is 10.1 Å². The first-order valence-electron chi connectivity index (χ1n) is 4.10. The van der Waals surface area contributed by atoms with E-state index in [1.165, 1.54) is 17.9 Å². The highest BCUT2D eigenvalue weighted by Gasteiger charge is 2.25. The van der Waals surface area contributed by atoms with Crippen molar-refractivity contribution < 1.29 is 9.72 Å². The van der Waals surface area contributed by atoms with Crippen molar-refractivity contribution in [3.63, 3.8) is 0 Å². The number of hydrogen-bond donors (Lipinski definition) is 1. The third kappa shape index (κ3) is 2.44. The molecule has 15 heavy (non-hydrogen) atoms. The summed E-state index contributed by atoms with van der Waals surface area (Å²) in [6, 6.07) is 0. The van der Waals surface area contributed by atoms with Crippen molar-refractivity contribution in [2.45, 2.75) is 6.54 Å². The Hall–Kier alpha value is -1.63. The van der Waals surface area contributed by atoms with Gasteiger partial charge in [-0.05, 0) is 4.92 Å². The summed E-state index contributed by atoms with van der Waals surface area (Å²) in [4.78, 5) is 21.1. The molecule has 0 bridgehead atoms. The SMILES string of the molecule is CNC(=O)c1cn(CCCl)nc1[N+](=O)[O-]. The van der Waals surface area contributed by atoms with E-state index in [2.05, 4.69) is 10.4 Å². The van der Waals surface area contributed by atoms with Crippen LogP contribution in [-0.4, -0.2) is 33.5 Å². The van der Waals surface area contributed by atoms with Crippen molar-refractivity contribution >= 4 is 23.3 Å². The number of hydrogen-bond acceptors (Lipinski definition) is 4. The lowest BCUT2D eigenvalue weighted by Crippen LogP contribution is -2.18. The zero-order valence-corrected chi connectivity index (χ0v) is 8.69. The molecule has 1 amide bonds. The average molecular weight is 233 g/mol. The minimum atomic E-state index is -0.699. The average Bonchev–Trinajstić information content (AvgIpc) is 2.61. The van der Waals surface area contributed by atoms with E-state index in [4.69, 9.17) is 11.6 Å². The van der Waals surface area contributed by atoms with Gasteiger partial charge in [-0.2, -0.15) is 4.68 Å². The Balaban J connectivity index is 3.11. The molecule has 7 nitrogen and oxygen atoms in total. The summed E-state index contributed by atoms with van der Waals surface area (Å²) in [5, 5.41) is 16.5. The van der Waals surface area contributed by atoms with Crippen molar-refractivity contribution in [2.75, 3.05) is 12.9 Å². The standard InChI is InChI=1S/C7H9ClN4O3/c1-9-7(13)5-4-11(3-2-8)10-6(5)12(14)15/h4H,2-3H2,1H3,(H,9,13). The van der Waals surface area contributed by atoms with Gasteiger partial charge in [-0.3, -0.25) is 4.79 Å². The van der Waals surface area contributed by atoms with E-state index in [1.807, 2.05) is 0 Å². The van der Waals surface area contributed by atoms with Crippen molar-refractivity contribution in [1.82, 2.24) is 15.1 Å². The molecule has 0 unspecified atom stereocenters. The molecule has 0 aliphatic carbocycles. The first-order valence-corrected chi connectivity index (χ1v) is 4.63. The van der Waals surface area contributed by atoms with Gasteiger partial charge in [0.1, 0.15) is 0 Å². The number of carbonyl (C=O) groups excluding carboxylic acids is 1. The first-order chi connectivity index (χ1) is 7.10. The van der Waals surface area contributed by atoms with Crippen LogP contribution in [0.4, 0.5) is 5.82 Å². The van der Waals surface area contributed by atoms with E-state index in [0.717, 1.165) is 0 Å². The summed E-state index contributed by atoms with van der Waals surface area (Å²) in [5.74, 6) is -0.728. The van der Waals surface area contributed by atoms with Crippen molar-refractivity contribution in [1.29, 1.82) is 0 Å². The summed E-state index contributed by atoms with van der Waals surface area (Å²) in [7, 11) is 1.39. The molecular formula is C7H9ClN4O3. The Bertz CT molecular complexity index is 390. The van der Waals surface area contributed by atoms with Crippen LogP contribution in [0.1, 0.15) is 10.4 Å². The second kappa shape index (κ2) is 4.74. The smallest absolute Gasteiger partial charge is 0.358 e. The lowest BCUT2D eigenvalue weighted by atomic mass is 10.3. The number of aryl methyl sites for hydroxylation is 1. The Labute approximate surface area is 90.2 Å². The number of nitrogens with zero attached hydrogens (tertiary/aromatic N) is 3. The van der Waals surface area contributed by atoms with Crippen LogP contribution in [0.25, 0.3) is 0 Å². The molecule has 82 valence electrons. The quantitative estimate of drug-likeness (QED) is 0.462. The maximum atomic E-state index is 11.3. The summed E-state index contributed by atoms with van der Waals surface area (Å²) in [6.45, 7) is 0.319. The fourth-order valence-corrected chi connectivity index (χ4v) is 1.22. The number of nitrogens with one attached hydrogen (secondary N) is 1. The molecule has 0 spiro atoms. The molecular weight excluding hydrogens is 224 g/mol. The van der Waals surface area contributed by atoms with Crippen LogP contribution in [-0.2, 0) is 6.54 Å². The van der Waals surface area contributed by atoms with Crippen molar-refractivity contribution in [2.24, 2.45) is 0 Å². The largest absolute Gasteiger partial charge is 0.402 e. The van der Waals surface area contributed by atoms with E-state index in [0.29, 0.717) is 6.54 Å². The first kappa shape index (κ1) is 11.4.